The fourth-order valence-corrected chi connectivity index (χ4v) is 3.73. The van der Waals surface area contributed by atoms with Gasteiger partial charge in [-0.2, -0.15) is 13.2 Å². The zero-order valence-electron chi connectivity index (χ0n) is 15.4. The van der Waals surface area contributed by atoms with Crippen LogP contribution in [0.25, 0.3) is 10.8 Å². The Morgan fingerprint density at radius 2 is 1.73 bits per heavy atom. The molecule has 0 radical (unpaired) electrons. The van der Waals surface area contributed by atoms with Crippen LogP contribution in [0.1, 0.15) is 11.1 Å². The fraction of sp³-hybridized carbons (Fsp3) is 0.190. The van der Waals surface area contributed by atoms with Gasteiger partial charge in [0.15, 0.2) is 5.75 Å². The molecule has 0 heterocycles. The van der Waals surface area contributed by atoms with Crippen LogP contribution in [0.3, 0.4) is 0 Å². The number of alkyl halides is 4. The molecule has 0 saturated carbocycles. The Kier molecular flexibility index (Phi) is 6.70. The van der Waals surface area contributed by atoms with Crippen LogP contribution in [-0.4, -0.2) is 18.5 Å². The van der Waals surface area contributed by atoms with Gasteiger partial charge >= 0.3 is 12.1 Å². The lowest BCUT2D eigenvalue weighted by atomic mass is 10.0. The molecule has 3 nitrogen and oxygen atoms in total. The minimum Gasteiger partial charge on any atom is -0.468 e. The van der Waals surface area contributed by atoms with Gasteiger partial charge in [0, 0.05) is 6.42 Å². The number of hydrogen-bond donors (Lipinski definition) is 0. The molecule has 0 aromatic heterocycles. The fourth-order valence-electron chi connectivity index (χ4n) is 2.91. The molecule has 0 aliphatic heterocycles. The van der Waals surface area contributed by atoms with Crippen LogP contribution >= 0.6 is 34.8 Å². The lowest BCUT2D eigenvalue weighted by Crippen LogP contribution is -2.18. The standard InChI is InChI=1S/C21H14Cl3F3O3/c1-29-20(28)18(24)8-12-4-2-3-11-7-14(5-6-15(11)12)30-19-16(22)9-13(10-17(19)23)21(25,26)27/h2-7,9-10,18H,8H2,1H3. The van der Waals surface area contributed by atoms with Crippen molar-refractivity contribution in [3.8, 4) is 11.5 Å². The van der Waals surface area contributed by atoms with E-state index in [-0.39, 0.29) is 22.2 Å². The molecular weight excluding hydrogens is 464 g/mol. The lowest BCUT2D eigenvalue weighted by molar-refractivity contribution is -0.140. The summed E-state index contributed by atoms with van der Waals surface area (Å²) in [5, 5.41) is 0.265. The molecule has 0 fully saturated rings. The predicted octanol–water partition coefficient (Wildman–Crippen LogP) is 7.28. The van der Waals surface area contributed by atoms with Crippen molar-refractivity contribution >= 4 is 51.5 Å². The molecule has 0 bridgehead atoms. The first kappa shape index (κ1) is 22.5. The molecule has 1 unspecified atom stereocenters. The maximum Gasteiger partial charge on any atom is 0.416 e. The van der Waals surface area contributed by atoms with Gasteiger partial charge in [0.2, 0.25) is 0 Å². The SMILES string of the molecule is COC(=O)C(Cl)Cc1cccc2cc(Oc3c(Cl)cc(C(F)(F)F)cc3Cl)ccc12. The molecule has 0 N–H and O–H groups in total. The van der Waals surface area contributed by atoms with Crippen LogP contribution in [0.15, 0.2) is 48.5 Å². The third kappa shape index (κ3) is 4.94. The smallest absolute Gasteiger partial charge is 0.416 e. The van der Waals surface area contributed by atoms with E-state index in [2.05, 4.69) is 4.74 Å². The van der Waals surface area contributed by atoms with Gasteiger partial charge in [0.25, 0.3) is 0 Å². The first-order valence-corrected chi connectivity index (χ1v) is 9.77. The average Bonchev–Trinajstić information content (AvgIpc) is 2.69. The minimum atomic E-state index is -4.57. The van der Waals surface area contributed by atoms with Crippen molar-refractivity contribution in [1.29, 1.82) is 0 Å². The Hall–Kier alpha value is -2.15. The summed E-state index contributed by atoms with van der Waals surface area (Å²) in [4.78, 5) is 11.6. The summed E-state index contributed by atoms with van der Waals surface area (Å²) in [5.41, 5.74) is -0.135. The minimum absolute atomic E-state index is 0.0756. The zero-order valence-corrected chi connectivity index (χ0v) is 17.7. The van der Waals surface area contributed by atoms with Gasteiger partial charge in [-0.25, -0.2) is 0 Å². The van der Waals surface area contributed by atoms with Gasteiger partial charge < -0.3 is 9.47 Å². The average molecular weight is 478 g/mol. The molecule has 3 aromatic carbocycles. The van der Waals surface area contributed by atoms with Crippen molar-refractivity contribution in [2.45, 2.75) is 18.0 Å². The van der Waals surface area contributed by atoms with Gasteiger partial charge in [-0.1, -0.05) is 47.5 Å². The number of methoxy groups -OCH3 is 1. The topological polar surface area (TPSA) is 35.5 Å². The number of carbonyl (C=O) groups excluding carboxylic acids is 1. The molecule has 1 atom stereocenters. The maximum atomic E-state index is 12.9. The van der Waals surface area contributed by atoms with E-state index in [1.165, 1.54) is 7.11 Å². The van der Waals surface area contributed by atoms with E-state index >= 15 is 0 Å². The third-order valence-corrected chi connectivity index (χ3v) is 5.24. The molecule has 9 heteroatoms. The first-order chi connectivity index (χ1) is 14.1. The van der Waals surface area contributed by atoms with E-state index < -0.39 is 23.1 Å². The highest BCUT2D eigenvalue weighted by atomic mass is 35.5. The number of rotatable bonds is 5. The van der Waals surface area contributed by atoms with E-state index in [4.69, 9.17) is 39.5 Å². The van der Waals surface area contributed by atoms with Gasteiger partial charge in [-0.15, -0.1) is 11.6 Å². The van der Waals surface area contributed by atoms with Gasteiger partial charge in [0.05, 0.1) is 22.7 Å². The van der Waals surface area contributed by atoms with E-state index in [1.54, 1.807) is 24.3 Å². The second-order valence-corrected chi connectivity index (χ2v) is 7.70. The van der Waals surface area contributed by atoms with Gasteiger partial charge in [-0.3, -0.25) is 4.79 Å². The van der Waals surface area contributed by atoms with E-state index in [0.29, 0.717) is 5.75 Å². The Bertz CT molecular complexity index is 1080. The highest BCUT2D eigenvalue weighted by Gasteiger charge is 2.32. The summed E-state index contributed by atoms with van der Waals surface area (Å²) in [6, 6.07) is 12.0. The van der Waals surface area contributed by atoms with E-state index in [0.717, 1.165) is 28.5 Å². The largest absolute Gasteiger partial charge is 0.468 e. The highest BCUT2D eigenvalue weighted by Crippen LogP contribution is 2.42. The number of carbonyl (C=O) groups is 1. The van der Waals surface area contributed by atoms with Crippen LogP contribution in [0.5, 0.6) is 11.5 Å². The summed E-state index contributed by atoms with van der Waals surface area (Å²) < 4.78 is 49.0. The Balaban J connectivity index is 1.91. The molecular formula is C21H14Cl3F3O3. The molecule has 0 amide bonds. The predicted molar refractivity (Wildman–Crippen MR) is 111 cm³/mol. The molecule has 0 saturated heterocycles. The normalized spacial score (nSPS) is 12.6. The maximum absolute atomic E-state index is 12.9. The quantitative estimate of drug-likeness (QED) is 0.286. The Morgan fingerprint density at radius 3 is 2.33 bits per heavy atom. The molecule has 3 rings (SSSR count). The van der Waals surface area contributed by atoms with Gasteiger partial charge in [0.1, 0.15) is 11.1 Å². The summed E-state index contributed by atoms with van der Waals surface area (Å²) in [5.74, 6) is -0.271. The second kappa shape index (κ2) is 8.92. The number of hydrogen-bond acceptors (Lipinski definition) is 3. The second-order valence-electron chi connectivity index (χ2n) is 6.36. The summed E-state index contributed by atoms with van der Waals surface area (Å²) in [6.45, 7) is 0. The molecule has 0 aliphatic carbocycles. The van der Waals surface area contributed by atoms with Gasteiger partial charge in [-0.05, 0) is 40.6 Å². The van der Waals surface area contributed by atoms with Crippen molar-refractivity contribution in [2.24, 2.45) is 0 Å². The monoisotopic (exact) mass is 476 g/mol. The number of esters is 1. The Labute approximate surface area is 185 Å². The number of halogens is 6. The van der Waals surface area contributed by atoms with Crippen molar-refractivity contribution in [1.82, 2.24) is 0 Å². The van der Waals surface area contributed by atoms with E-state index in [9.17, 15) is 18.0 Å². The molecule has 3 aromatic rings. The summed E-state index contributed by atoms with van der Waals surface area (Å²) >= 11 is 18.0. The third-order valence-electron chi connectivity index (χ3n) is 4.34. The first-order valence-electron chi connectivity index (χ1n) is 8.58. The highest BCUT2D eigenvalue weighted by molar-refractivity contribution is 6.37. The lowest BCUT2D eigenvalue weighted by Gasteiger charge is -2.14. The Morgan fingerprint density at radius 1 is 1.07 bits per heavy atom. The number of fused-ring (bicyclic) bond motifs is 1. The van der Waals surface area contributed by atoms with Crippen molar-refractivity contribution in [3.05, 3.63) is 69.7 Å². The molecule has 158 valence electrons. The van der Waals surface area contributed by atoms with Crippen LogP contribution < -0.4 is 4.74 Å². The number of ether oxygens (including phenoxy) is 2. The zero-order chi connectivity index (χ0) is 22.1. The molecule has 0 spiro atoms. The summed E-state index contributed by atoms with van der Waals surface area (Å²) in [7, 11) is 1.27. The number of benzene rings is 3. The van der Waals surface area contributed by atoms with Crippen molar-refractivity contribution < 1.29 is 27.4 Å². The molecule has 0 aliphatic rings. The van der Waals surface area contributed by atoms with E-state index in [1.807, 2.05) is 12.1 Å². The van der Waals surface area contributed by atoms with Crippen molar-refractivity contribution in [2.75, 3.05) is 7.11 Å². The van der Waals surface area contributed by atoms with Crippen molar-refractivity contribution in [3.63, 3.8) is 0 Å². The summed E-state index contributed by atoms with van der Waals surface area (Å²) in [6.07, 6.45) is -4.31. The van der Waals surface area contributed by atoms with Crippen LogP contribution in [0.2, 0.25) is 10.0 Å². The van der Waals surface area contributed by atoms with Crippen LogP contribution in [0, 0.1) is 0 Å². The van der Waals surface area contributed by atoms with Crippen LogP contribution in [0.4, 0.5) is 13.2 Å². The van der Waals surface area contributed by atoms with Crippen LogP contribution in [-0.2, 0) is 22.1 Å². The molecule has 30 heavy (non-hydrogen) atoms.